The van der Waals surface area contributed by atoms with Gasteiger partial charge >= 0.3 is 0 Å². The highest BCUT2D eigenvalue weighted by Gasteiger charge is 2.15. The van der Waals surface area contributed by atoms with Crippen LogP contribution < -0.4 is 5.73 Å². The molecule has 0 radical (unpaired) electrons. The Morgan fingerprint density at radius 1 is 1.29 bits per heavy atom. The average molecular weight is 260 g/mol. The van der Waals surface area contributed by atoms with Crippen LogP contribution in [-0.2, 0) is 0 Å². The highest BCUT2D eigenvalue weighted by Crippen LogP contribution is 2.21. The van der Waals surface area contributed by atoms with Crippen molar-refractivity contribution in [3.05, 3.63) is 0 Å². The van der Waals surface area contributed by atoms with Crippen molar-refractivity contribution in [2.45, 2.75) is 52.5 Å². The molecule has 0 aromatic rings. The summed E-state index contributed by atoms with van der Waals surface area (Å²) >= 11 is 1.94. The molecule has 3 heteroatoms. The van der Waals surface area contributed by atoms with Crippen LogP contribution in [0.5, 0.6) is 0 Å². The maximum absolute atomic E-state index is 5.74. The molecule has 0 fully saturated rings. The lowest BCUT2D eigenvalue weighted by molar-refractivity contribution is 0.239. The first-order valence-electron chi connectivity index (χ1n) is 6.82. The quantitative estimate of drug-likeness (QED) is 0.612. The maximum Gasteiger partial charge on any atom is 0.00717 e. The maximum atomic E-state index is 5.74. The summed E-state index contributed by atoms with van der Waals surface area (Å²) in [6.45, 7) is 8.87. The summed E-state index contributed by atoms with van der Waals surface area (Å²) in [4.78, 5) is 2.49. The average Bonchev–Trinajstić information content (AvgIpc) is 2.31. The van der Waals surface area contributed by atoms with Gasteiger partial charge in [0.2, 0.25) is 0 Å². The molecule has 1 unspecified atom stereocenters. The van der Waals surface area contributed by atoms with E-state index in [9.17, 15) is 0 Å². The Morgan fingerprint density at radius 2 is 1.94 bits per heavy atom. The fourth-order valence-electron chi connectivity index (χ4n) is 1.80. The standard InChI is InChI=1S/C14H32N2S/c1-13(8-11-17-5)16(4)10-7-6-9-14(2,3)12-15/h13H,6-12,15H2,1-5H3. The van der Waals surface area contributed by atoms with Gasteiger partial charge in [0.05, 0.1) is 0 Å². The third kappa shape index (κ3) is 8.92. The fraction of sp³-hybridized carbons (Fsp3) is 1.00. The van der Waals surface area contributed by atoms with Crippen molar-refractivity contribution in [2.75, 3.05) is 32.1 Å². The molecule has 0 aliphatic rings. The summed E-state index contributed by atoms with van der Waals surface area (Å²) in [6.07, 6.45) is 7.32. The molecule has 17 heavy (non-hydrogen) atoms. The normalized spacial score (nSPS) is 14.3. The number of hydrogen-bond acceptors (Lipinski definition) is 3. The molecule has 0 saturated heterocycles. The zero-order valence-corrected chi connectivity index (χ0v) is 13.3. The van der Waals surface area contributed by atoms with Gasteiger partial charge in [-0.25, -0.2) is 0 Å². The number of rotatable bonds is 10. The molecule has 0 amide bonds. The zero-order valence-electron chi connectivity index (χ0n) is 12.5. The SMILES string of the molecule is CSCCC(C)N(C)CCCCC(C)(C)CN. The van der Waals surface area contributed by atoms with Crippen molar-refractivity contribution in [3.63, 3.8) is 0 Å². The molecule has 2 N–H and O–H groups in total. The first-order chi connectivity index (χ1) is 7.93. The van der Waals surface area contributed by atoms with Crippen molar-refractivity contribution in [3.8, 4) is 0 Å². The summed E-state index contributed by atoms with van der Waals surface area (Å²) in [6, 6.07) is 0.713. The Morgan fingerprint density at radius 3 is 2.47 bits per heavy atom. The molecule has 0 aromatic heterocycles. The molecule has 0 aliphatic carbocycles. The molecule has 0 rings (SSSR count). The van der Waals surface area contributed by atoms with Gasteiger partial charge in [-0.3, -0.25) is 0 Å². The number of nitrogens with two attached hydrogens (primary N) is 1. The zero-order chi connectivity index (χ0) is 13.3. The van der Waals surface area contributed by atoms with Crippen LogP contribution in [0, 0.1) is 5.41 Å². The van der Waals surface area contributed by atoms with Gasteiger partial charge in [-0.05, 0) is 63.7 Å². The molecular formula is C14H32N2S. The number of hydrogen-bond donors (Lipinski definition) is 1. The minimum atomic E-state index is 0.322. The Hall–Kier alpha value is 0.270. The summed E-state index contributed by atoms with van der Waals surface area (Å²) in [5.41, 5.74) is 6.06. The van der Waals surface area contributed by atoms with Crippen molar-refractivity contribution in [2.24, 2.45) is 11.1 Å². The van der Waals surface area contributed by atoms with E-state index in [2.05, 4.69) is 39.0 Å². The van der Waals surface area contributed by atoms with Gasteiger partial charge in [0, 0.05) is 6.04 Å². The lowest BCUT2D eigenvalue weighted by Crippen LogP contribution is -2.31. The predicted octanol–water partition coefficient (Wildman–Crippen LogP) is 3.22. The number of nitrogens with zero attached hydrogens (tertiary/aromatic N) is 1. The van der Waals surface area contributed by atoms with E-state index in [1.54, 1.807) is 0 Å². The van der Waals surface area contributed by atoms with Crippen LogP contribution in [0.15, 0.2) is 0 Å². The van der Waals surface area contributed by atoms with E-state index >= 15 is 0 Å². The largest absolute Gasteiger partial charge is 0.330 e. The minimum Gasteiger partial charge on any atom is -0.330 e. The highest BCUT2D eigenvalue weighted by molar-refractivity contribution is 7.98. The van der Waals surface area contributed by atoms with Crippen LogP contribution in [0.4, 0.5) is 0 Å². The van der Waals surface area contributed by atoms with Crippen LogP contribution in [0.25, 0.3) is 0 Å². The van der Waals surface area contributed by atoms with Crippen molar-refractivity contribution in [1.29, 1.82) is 0 Å². The Balaban J connectivity index is 3.60. The molecule has 1 atom stereocenters. The van der Waals surface area contributed by atoms with Crippen LogP contribution in [0.1, 0.15) is 46.5 Å². The second-order valence-corrected chi connectivity index (χ2v) is 6.92. The lowest BCUT2D eigenvalue weighted by atomic mass is 9.87. The van der Waals surface area contributed by atoms with Gasteiger partial charge in [-0.1, -0.05) is 20.3 Å². The van der Waals surface area contributed by atoms with Crippen molar-refractivity contribution < 1.29 is 0 Å². The van der Waals surface area contributed by atoms with E-state index in [4.69, 9.17) is 5.73 Å². The smallest absolute Gasteiger partial charge is 0.00717 e. The molecule has 0 saturated carbocycles. The first kappa shape index (κ1) is 17.3. The summed E-state index contributed by atoms with van der Waals surface area (Å²) in [5, 5.41) is 0. The van der Waals surface area contributed by atoms with E-state index in [1.807, 2.05) is 11.8 Å². The van der Waals surface area contributed by atoms with E-state index in [0.717, 1.165) is 6.54 Å². The lowest BCUT2D eigenvalue weighted by Gasteiger charge is -2.26. The number of thioether (sulfide) groups is 1. The predicted molar refractivity (Wildman–Crippen MR) is 81.8 cm³/mol. The van der Waals surface area contributed by atoms with Gasteiger partial charge in [0.15, 0.2) is 0 Å². The van der Waals surface area contributed by atoms with E-state index in [0.29, 0.717) is 11.5 Å². The molecule has 104 valence electrons. The molecule has 0 heterocycles. The van der Waals surface area contributed by atoms with Crippen LogP contribution in [0.2, 0.25) is 0 Å². The van der Waals surface area contributed by atoms with Gasteiger partial charge in [-0.15, -0.1) is 0 Å². The highest BCUT2D eigenvalue weighted by atomic mass is 32.2. The van der Waals surface area contributed by atoms with Gasteiger partial charge in [0.25, 0.3) is 0 Å². The number of unbranched alkanes of at least 4 members (excludes halogenated alkanes) is 1. The van der Waals surface area contributed by atoms with Crippen LogP contribution in [0.3, 0.4) is 0 Å². The topological polar surface area (TPSA) is 29.3 Å². The summed E-state index contributed by atoms with van der Waals surface area (Å²) in [5.74, 6) is 1.27. The molecular weight excluding hydrogens is 228 g/mol. The third-order valence-corrected chi connectivity index (χ3v) is 4.30. The second-order valence-electron chi connectivity index (χ2n) is 5.94. The minimum absolute atomic E-state index is 0.322. The fourth-order valence-corrected chi connectivity index (χ4v) is 2.37. The van der Waals surface area contributed by atoms with Crippen molar-refractivity contribution >= 4 is 11.8 Å². The van der Waals surface area contributed by atoms with E-state index in [-0.39, 0.29) is 0 Å². The molecule has 0 aliphatic heterocycles. The van der Waals surface area contributed by atoms with Crippen LogP contribution >= 0.6 is 11.8 Å². The Bertz CT molecular complexity index is 183. The molecule has 2 nitrogen and oxygen atoms in total. The first-order valence-corrected chi connectivity index (χ1v) is 8.21. The van der Waals surface area contributed by atoms with Gasteiger partial charge in [0.1, 0.15) is 0 Å². The molecule has 0 bridgehead atoms. The van der Waals surface area contributed by atoms with Crippen molar-refractivity contribution in [1.82, 2.24) is 4.90 Å². The van der Waals surface area contributed by atoms with E-state index < -0.39 is 0 Å². The third-order valence-electron chi connectivity index (χ3n) is 3.66. The van der Waals surface area contributed by atoms with Crippen LogP contribution in [-0.4, -0.2) is 43.1 Å². The molecule has 0 aromatic carbocycles. The monoisotopic (exact) mass is 260 g/mol. The van der Waals surface area contributed by atoms with E-state index in [1.165, 1.54) is 38.0 Å². The summed E-state index contributed by atoms with van der Waals surface area (Å²) in [7, 11) is 2.25. The summed E-state index contributed by atoms with van der Waals surface area (Å²) < 4.78 is 0. The molecule has 0 spiro atoms. The Labute approximate surface area is 113 Å². The van der Waals surface area contributed by atoms with Gasteiger partial charge in [-0.2, -0.15) is 11.8 Å². The Kier molecular flexibility index (Phi) is 9.38. The van der Waals surface area contributed by atoms with Gasteiger partial charge < -0.3 is 10.6 Å². The second kappa shape index (κ2) is 9.23.